The van der Waals surface area contributed by atoms with Crippen molar-refractivity contribution in [3.63, 3.8) is 0 Å². The first kappa shape index (κ1) is 17.4. The van der Waals surface area contributed by atoms with E-state index in [0.29, 0.717) is 36.2 Å². The fraction of sp³-hybridized carbons (Fsp3) is 0.412. The Hall–Kier alpha value is -1.95. The zero-order chi connectivity index (χ0) is 16.8. The Morgan fingerprint density at radius 1 is 1.13 bits per heavy atom. The summed E-state index contributed by atoms with van der Waals surface area (Å²) < 4.78 is 11.1. The molecule has 1 aliphatic heterocycles. The van der Waals surface area contributed by atoms with Crippen LogP contribution in [0.5, 0.6) is 11.5 Å². The highest BCUT2D eigenvalue weighted by Gasteiger charge is 2.34. The fourth-order valence-corrected chi connectivity index (χ4v) is 3.08. The molecule has 0 radical (unpaired) electrons. The third kappa shape index (κ3) is 4.07. The summed E-state index contributed by atoms with van der Waals surface area (Å²) in [5.74, 6) is 1.12. The number of carbonyl (C=O) groups excluding carboxylic acids is 2. The van der Waals surface area contributed by atoms with Crippen LogP contribution in [0.15, 0.2) is 23.1 Å². The van der Waals surface area contributed by atoms with Gasteiger partial charge in [-0.05, 0) is 50.2 Å². The van der Waals surface area contributed by atoms with Crippen LogP contribution >= 0.6 is 11.8 Å². The topological polar surface area (TPSA) is 55.8 Å². The first-order valence-corrected chi connectivity index (χ1v) is 8.57. The van der Waals surface area contributed by atoms with E-state index in [9.17, 15) is 9.59 Å². The molecular formula is C17H21NO4S. The number of imide groups is 1. The quantitative estimate of drug-likeness (QED) is 0.707. The van der Waals surface area contributed by atoms with E-state index in [1.54, 1.807) is 12.1 Å². The van der Waals surface area contributed by atoms with Crippen LogP contribution in [0, 0.1) is 0 Å². The van der Waals surface area contributed by atoms with Crippen molar-refractivity contribution >= 4 is 29.0 Å². The SMILES string of the molecule is CCCN1C(=O)S/C(=C/c2ccc(OCC)cc2OCC)C1=O. The molecule has 23 heavy (non-hydrogen) atoms. The third-order valence-electron chi connectivity index (χ3n) is 3.20. The number of carbonyl (C=O) groups is 2. The second kappa shape index (κ2) is 8.06. The lowest BCUT2D eigenvalue weighted by Gasteiger charge is -2.11. The molecule has 0 spiro atoms. The molecule has 0 unspecified atom stereocenters. The molecule has 0 bridgehead atoms. The lowest BCUT2D eigenvalue weighted by atomic mass is 10.1. The van der Waals surface area contributed by atoms with Gasteiger partial charge in [-0.3, -0.25) is 14.5 Å². The van der Waals surface area contributed by atoms with E-state index >= 15 is 0 Å². The Kier molecular flexibility index (Phi) is 6.10. The maximum atomic E-state index is 12.3. The van der Waals surface area contributed by atoms with Crippen molar-refractivity contribution < 1.29 is 19.1 Å². The highest BCUT2D eigenvalue weighted by atomic mass is 32.2. The van der Waals surface area contributed by atoms with E-state index in [-0.39, 0.29) is 11.1 Å². The van der Waals surface area contributed by atoms with Gasteiger partial charge in [-0.2, -0.15) is 0 Å². The monoisotopic (exact) mass is 335 g/mol. The Labute approximate surface area is 140 Å². The third-order valence-corrected chi connectivity index (χ3v) is 4.11. The minimum absolute atomic E-state index is 0.216. The number of benzene rings is 1. The average Bonchev–Trinajstić information content (AvgIpc) is 2.78. The van der Waals surface area contributed by atoms with Gasteiger partial charge in [0.05, 0.1) is 18.1 Å². The van der Waals surface area contributed by atoms with Crippen molar-refractivity contribution in [2.24, 2.45) is 0 Å². The van der Waals surface area contributed by atoms with E-state index in [2.05, 4.69) is 0 Å². The van der Waals surface area contributed by atoms with Crippen LogP contribution in [0.2, 0.25) is 0 Å². The minimum atomic E-state index is -0.238. The van der Waals surface area contributed by atoms with Crippen molar-refractivity contribution in [1.82, 2.24) is 4.90 Å². The van der Waals surface area contributed by atoms with Gasteiger partial charge in [0.15, 0.2) is 0 Å². The molecule has 124 valence electrons. The van der Waals surface area contributed by atoms with Gasteiger partial charge < -0.3 is 9.47 Å². The smallest absolute Gasteiger partial charge is 0.293 e. The number of nitrogens with zero attached hydrogens (tertiary/aromatic N) is 1. The molecular weight excluding hydrogens is 314 g/mol. The lowest BCUT2D eigenvalue weighted by molar-refractivity contribution is -0.122. The zero-order valence-corrected chi connectivity index (χ0v) is 14.4. The fourth-order valence-electron chi connectivity index (χ4n) is 2.23. The minimum Gasteiger partial charge on any atom is -0.494 e. The van der Waals surface area contributed by atoms with Crippen molar-refractivity contribution in [2.45, 2.75) is 27.2 Å². The number of thioether (sulfide) groups is 1. The average molecular weight is 335 g/mol. The second-order valence-corrected chi connectivity index (χ2v) is 5.89. The molecule has 0 saturated carbocycles. The molecule has 1 fully saturated rings. The summed E-state index contributed by atoms with van der Waals surface area (Å²) >= 11 is 0.970. The number of hydrogen-bond acceptors (Lipinski definition) is 5. The van der Waals surface area contributed by atoms with E-state index in [0.717, 1.165) is 23.7 Å². The van der Waals surface area contributed by atoms with Gasteiger partial charge in [-0.1, -0.05) is 6.92 Å². The molecule has 0 aromatic heterocycles. The van der Waals surface area contributed by atoms with Gasteiger partial charge >= 0.3 is 0 Å². The van der Waals surface area contributed by atoms with E-state index < -0.39 is 0 Å². The summed E-state index contributed by atoms with van der Waals surface area (Å²) in [6.45, 7) is 7.27. The summed E-state index contributed by atoms with van der Waals surface area (Å²) in [6, 6.07) is 5.47. The molecule has 6 heteroatoms. The van der Waals surface area contributed by atoms with E-state index in [4.69, 9.17) is 9.47 Å². The maximum absolute atomic E-state index is 12.3. The number of rotatable bonds is 7. The number of hydrogen-bond donors (Lipinski definition) is 0. The largest absolute Gasteiger partial charge is 0.494 e. The predicted molar refractivity (Wildman–Crippen MR) is 91.7 cm³/mol. The van der Waals surface area contributed by atoms with Gasteiger partial charge in [0.25, 0.3) is 11.1 Å². The molecule has 5 nitrogen and oxygen atoms in total. The molecule has 2 rings (SSSR count). The summed E-state index contributed by atoms with van der Waals surface area (Å²) in [4.78, 5) is 25.9. The van der Waals surface area contributed by atoms with Gasteiger partial charge in [0.1, 0.15) is 11.5 Å². The van der Waals surface area contributed by atoms with Crippen LogP contribution < -0.4 is 9.47 Å². The van der Waals surface area contributed by atoms with Crippen molar-refractivity contribution in [1.29, 1.82) is 0 Å². The molecule has 0 atom stereocenters. The number of amides is 2. The highest BCUT2D eigenvalue weighted by molar-refractivity contribution is 8.18. The maximum Gasteiger partial charge on any atom is 0.293 e. The van der Waals surface area contributed by atoms with Crippen LogP contribution in [0.3, 0.4) is 0 Å². The van der Waals surface area contributed by atoms with E-state index in [1.807, 2.05) is 32.9 Å². The van der Waals surface area contributed by atoms with Crippen LogP contribution in [-0.4, -0.2) is 35.8 Å². The molecule has 0 aliphatic carbocycles. The van der Waals surface area contributed by atoms with E-state index in [1.165, 1.54) is 4.90 Å². The Morgan fingerprint density at radius 3 is 2.52 bits per heavy atom. The van der Waals surface area contributed by atoms with Crippen LogP contribution in [0.1, 0.15) is 32.8 Å². The normalized spacial score (nSPS) is 16.3. The van der Waals surface area contributed by atoms with Gasteiger partial charge in [-0.15, -0.1) is 0 Å². The van der Waals surface area contributed by atoms with Crippen molar-refractivity contribution in [3.8, 4) is 11.5 Å². The summed E-state index contributed by atoms with van der Waals surface area (Å²) in [6.07, 6.45) is 2.46. The molecule has 0 N–H and O–H groups in total. The standard InChI is InChI=1S/C17H21NO4S/c1-4-9-18-16(19)15(23-17(18)20)10-12-7-8-13(21-5-2)11-14(12)22-6-3/h7-8,10-11H,4-6,9H2,1-3H3/b15-10+. The van der Waals surface area contributed by atoms with Crippen molar-refractivity contribution in [3.05, 3.63) is 28.7 Å². The van der Waals surface area contributed by atoms with Crippen LogP contribution in [0.4, 0.5) is 4.79 Å². The van der Waals surface area contributed by atoms with Gasteiger partial charge in [-0.25, -0.2) is 0 Å². The predicted octanol–water partition coefficient (Wildman–Crippen LogP) is 3.93. The zero-order valence-electron chi connectivity index (χ0n) is 13.6. The first-order chi connectivity index (χ1) is 11.1. The number of ether oxygens (including phenoxy) is 2. The molecule has 1 aromatic carbocycles. The van der Waals surface area contributed by atoms with Crippen LogP contribution in [-0.2, 0) is 4.79 Å². The summed E-state index contributed by atoms with van der Waals surface area (Å²) in [5, 5.41) is -0.216. The molecule has 1 aromatic rings. The van der Waals surface area contributed by atoms with Crippen molar-refractivity contribution in [2.75, 3.05) is 19.8 Å². The summed E-state index contributed by atoms with van der Waals surface area (Å²) in [5.41, 5.74) is 0.761. The second-order valence-electron chi connectivity index (χ2n) is 4.90. The van der Waals surface area contributed by atoms with Crippen LogP contribution in [0.25, 0.3) is 6.08 Å². The molecule has 1 aliphatic rings. The molecule has 1 heterocycles. The lowest BCUT2D eigenvalue weighted by Crippen LogP contribution is -2.28. The molecule has 1 saturated heterocycles. The molecule has 2 amide bonds. The Bertz CT molecular complexity index is 627. The Balaban J connectivity index is 2.31. The van der Waals surface area contributed by atoms with Gasteiger partial charge in [0, 0.05) is 18.2 Å². The highest BCUT2D eigenvalue weighted by Crippen LogP contribution is 2.35. The Morgan fingerprint density at radius 2 is 1.87 bits per heavy atom. The summed E-state index contributed by atoms with van der Waals surface area (Å²) in [7, 11) is 0. The first-order valence-electron chi connectivity index (χ1n) is 7.75. The van der Waals surface area contributed by atoms with Gasteiger partial charge in [0.2, 0.25) is 0 Å².